The molecule has 0 fully saturated rings. The molecular weight excluding hydrogens is 424 g/mol. The standard InChI is InChI=1S/C17H16Br2N2O2/c1-2-3-7-16(22)21-15-10-13(19)12(18)9-11(15)17(23)14-6-4-5-8-20-14/h4-6,8-10H,2-3,7H2,1H3,(H,21,22). The molecule has 6 heteroatoms. The molecule has 4 nitrogen and oxygen atoms in total. The maximum Gasteiger partial charge on any atom is 0.224 e. The van der Waals surface area contributed by atoms with E-state index in [-0.39, 0.29) is 11.7 Å². The highest BCUT2D eigenvalue weighted by atomic mass is 79.9. The summed E-state index contributed by atoms with van der Waals surface area (Å²) in [7, 11) is 0. The highest BCUT2D eigenvalue weighted by Gasteiger charge is 2.18. The van der Waals surface area contributed by atoms with Crippen LogP contribution in [0.5, 0.6) is 0 Å². The number of nitrogens with one attached hydrogen (secondary N) is 1. The Morgan fingerprint density at radius 3 is 2.57 bits per heavy atom. The molecule has 0 radical (unpaired) electrons. The lowest BCUT2D eigenvalue weighted by Gasteiger charge is -2.12. The summed E-state index contributed by atoms with van der Waals surface area (Å²) in [5.74, 6) is -0.333. The summed E-state index contributed by atoms with van der Waals surface area (Å²) in [4.78, 5) is 28.8. The first kappa shape index (κ1) is 17.8. The Morgan fingerprint density at radius 2 is 1.91 bits per heavy atom. The van der Waals surface area contributed by atoms with E-state index in [2.05, 4.69) is 42.2 Å². The molecule has 2 aromatic rings. The molecule has 0 atom stereocenters. The third kappa shape index (κ3) is 4.72. The van der Waals surface area contributed by atoms with Crippen LogP contribution < -0.4 is 5.32 Å². The number of rotatable bonds is 6. The molecule has 0 aliphatic heterocycles. The topological polar surface area (TPSA) is 59.1 Å². The van der Waals surface area contributed by atoms with Crippen LogP contribution in [0.4, 0.5) is 5.69 Å². The predicted molar refractivity (Wildman–Crippen MR) is 97.7 cm³/mol. The first-order valence-corrected chi connectivity index (χ1v) is 8.86. The van der Waals surface area contributed by atoms with Crippen molar-refractivity contribution in [3.05, 3.63) is 56.7 Å². The van der Waals surface area contributed by atoms with Gasteiger partial charge in [0, 0.05) is 27.1 Å². The monoisotopic (exact) mass is 438 g/mol. The van der Waals surface area contributed by atoms with Gasteiger partial charge in [0.15, 0.2) is 0 Å². The average molecular weight is 440 g/mol. The molecule has 1 aromatic heterocycles. The number of hydrogen-bond acceptors (Lipinski definition) is 3. The fourth-order valence-corrected chi connectivity index (χ4v) is 2.71. The highest BCUT2D eigenvalue weighted by Crippen LogP contribution is 2.31. The number of aromatic nitrogens is 1. The van der Waals surface area contributed by atoms with Crippen molar-refractivity contribution in [2.45, 2.75) is 26.2 Å². The molecule has 0 aliphatic rings. The number of carbonyl (C=O) groups is 2. The Bertz CT molecular complexity index is 718. The van der Waals surface area contributed by atoms with Crippen molar-refractivity contribution in [3.63, 3.8) is 0 Å². The van der Waals surface area contributed by atoms with E-state index in [0.717, 1.165) is 21.8 Å². The van der Waals surface area contributed by atoms with Crippen LogP contribution >= 0.6 is 31.9 Å². The highest BCUT2D eigenvalue weighted by molar-refractivity contribution is 9.13. The van der Waals surface area contributed by atoms with Crippen LogP contribution in [0.3, 0.4) is 0 Å². The van der Waals surface area contributed by atoms with Crippen LogP contribution in [0.25, 0.3) is 0 Å². The van der Waals surface area contributed by atoms with Crippen molar-refractivity contribution in [1.82, 2.24) is 4.98 Å². The number of hydrogen-bond donors (Lipinski definition) is 1. The second-order valence-corrected chi connectivity index (χ2v) is 6.72. The van der Waals surface area contributed by atoms with Crippen LogP contribution in [0.2, 0.25) is 0 Å². The van der Waals surface area contributed by atoms with Crippen LogP contribution in [0.15, 0.2) is 45.5 Å². The number of amides is 1. The summed E-state index contributed by atoms with van der Waals surface area (Å²) in [6.45, 7) is 2.03. The maximum absolute atomic E-state index is 12.7. The molecule has 0 aliphatic carbocycles. The zero-order valence-electron chi connectivity index (χ0n) is 12.6. The molecule has 2 rings (SSSR count). The van der Waals surface area contributed by atoms with Gasteiger partial charge in [-0.3, -0.25) is 14.6 Å². The van der Waals surface area contributed by atoms with Gasteiger partial charge in [-0.05, 0) is 62.5 Å². The smallest absolute Gasteiger partial charge is 0.224 e. The van der Waals surface area contributed by atoms with Crippen molar-refractivity contribution < 1.29 is 9.59 Å². The quantitative estimate of drug-likeness (QED) is 0.646. The summed E-state index contributed by atoms with van der Waals surface area (Å²) < 4.78 is 1.50. The van der Waals surface area contributed by atoms with Crippen molar-refractivity contribution in [2.24, 2.45) is 0 Å². The number of benzene rings is 1. The molecule has 0 spiro atoms. The van der Waals surface area contributed by atoms with Gasteiger partial charge in [0.2, 0.25) is 11.7 Å². The van der Waals surface area contributed by atoms with E-state index in [0.29, 0.717) is 23.4 Å². The van der Waals surface area contributed by atoms with Gasteiger partial charge >= 0.3 is 0 Å². The Labute approximate surface area is 152 Å². The molecule has 120 valence electrons. The first-order valence-electron chi connectivity index (χ1n) is 7.27. The number of nitrogens with zero attached hydrogens (tertiary/aromatic N) is 1. The Morgan fingerprint density at radius 1 is 1.17 bits per heavy atom. The molecule has 23 heavy (non-hydrogen) atoms. The number of pyridine rings is 1. The predicted octanol–water partition coefficient (Wildman–Crippen LogP) is 4.97. The van der Waals surface area contributed by atoms with Crippen LogP contribution in [-0.2, 0) is 4.79 Å². The SMILES string of the molecule is CCCCC(=O)Nc1cc(Br)c(Br)cc1C(=O)c1ccccn1. The number of carbonyl (C=O) groups excluding carboxylic acids is 2. The van der Waals surface area contributed by atoms with E-state index in [9.17, 15) is 9.59 Å². The fourth-order valence-electron chi connectivity index (χ4n) is 2.02. The van der Waals surface area contributed by atoms with Crippen molar-refractivity contribution in [1.29, 1.82) is 0 Å². The van der Waals surface area contributed by atoms with Crippen LogP contribution in [0.1, 0.15) is 42.2 Å². The van der Waals surface area contributed by atoms with Gasteiger partial charge in [-0.2, -0.15) is 0 Å². The van der Waals surface area contributed by atoms with Gasteiger partial charge in [0.25, 0.3) is 0 Å². The van der Waals surface area contributed by atoms with Gasteiger partial charge in [-0.15, -0.1) is 0 Å². The fraction of sp³-hybridized carbons (Fsp3) is 0.235. The van der Waals surface area contributed by atoms with E-state index in [1.165, 1.54) is 0 Å². The Hall–Kier alpha value is -1.53. The molecule has 0 unspecified atom stereocenters. The third-order valence-corrected chi connectivity index (χ3v) is 5.08. The molecule has 1 amide bonds. The minimum atomic E-state index is -0.232. The number of unbranched alkanes of at least 4 members (excludes halogenated alkanes) is 1. The number of ketones is 1. The lowest BCUT2D eigenvalue weighted by atomic mass is 10.1. The van der Waals surface area contributed by atoms with E-state index in [4.69, 9.17) is 0 Å². The third-order valence-electron chi connectivity index (χ3n) is 3.23. The lowest BCUT2D eigenvalue weighted by molar-refractivity contribution is -0.116. The molecule has 0 bridgehead atoms. The lowest BCUT2D eigenvalue weighted by Crippen LogP contribution is -2.15. The summed E-state index contributed by atoms with van der Waals surface area (Å²) >= 11 is 6.80. The van der Waals surface area contributed by atoms with Crippen molar-refractivity contribution >= 4 is 49.2 Å². The van der Waals surface area contributed by atoms with E-state index in [1.54, 1.807) is 36.5 Å². The summed E-state index contributed by atoms with van der Waals surface area (Å²) in [5.41, 5.74) is 1.23. The van der Waals surface area contributed by atoms with E-state index in [1.807, 2.05) is 6.92 Å². The zero-order chi connectivity index (χ0) is 16.8. The van der Waals surface area contributed by atoms with Crippen LogP contribution in [0, 0.1) is 0 Å². The van der Waals surface area contributed by atoms with Crippen molar-refractivity contribution in [2.75, 3.05) is 5.32 Å². The van der Waals surface area contributed by atoms with Gasteiger partial charge in [-0.1, -0.05) is 19.4 Å². The summed E-state index contributed by atoms with van der Waals surface area (Å²) in [5, 5.41) is 2.83. The molecule has 0 saturated carbocycles. The Kier molecular flexibility index (Phi) is 6.47. The number of anilines is 1. The van der Waals surface area contributed by atoms with Gasteiger partial charge in [-0.25, -0.2) is 0 Å². The van der Waals surface area contributed by atoms with Crippen molar-refractivity contribution in [3.8, 4) is 0 Å². The molecule has 0 saturated heterocycles. The van der Waals surface area contributed by atoms with Crippen LogP contribution in [-0.4, -0.2) is 16.7 Å². The minimum Gasteiger partial charge on any atom is -0.325 e. The second-order valence-electron chi connectivity index (χ2n) is 5.01. The molecule has 1 N–H and O–H groups in total. The summed E-state index contributed by atoms with van der Waals surface area (Å²) in [6.07, 6.45) is 3.76. The normalized spacial score (nSPS) is 10.4. The van der Waals surface area contributed by atoms with E-state index >= 15 is 0 Å². The Balaban J connectivity index is 2.36. The first-order chi connectivity index (χ1) is 11.0. The van der Waals surface area contributed by atoms with E-state index < -0.39 is 0 Å². The maximum atomic E-state index is 12.7. The molecule has 1 heterocycles. The second kappa shape index (κ2) is 8.36. The van der Waals surface area contributed by atoms with Gasteiger partial charge in [0.1, 0.15) is 5.69 Å². The number of halogens is 2. The molecule has 1 aromatic carbocycles. The average Bonchev–Trinajstić information content (AvgIpc) is 2.56. The largest absolute Gasteiger partial charge is 0.325 e. The summed E-state index contributed by atoms with van der Waals surface area (Å²) in [6, 6.07) is 8.58. The zero-order valence-corrected chi connectivity index (χ0v) is 15.8. The molecular formula is C17H16Br2N2O2. The van der Waals surface area contributed by atoms with Gasteiger partial charge < -0.3 is 5.32 Å². The van der Waals surface area contributed by atoms with Gasteiger partial charge in [0.05, 0.1) is 5.69 Å². The minimum absolute atomic E-state index is 0.101.